The summed E-state index contributed by atoms with van der Waals surface area (Å²) in [6, 6.07) is 15.6. The van der Waals surface area contributed by atoms with Crippen LogP contribution in [-0.2, 0) is 9.53 Å². The first-order valence-corrected chi connectivity index (χ1v) is 9.89. The van der Waals surface area contributed by atoms with Crippen molar-refractivity contribution in [2.24, 2.45) is 11.7 Å². The second-order valence-electron chi connectivity index (χ2n) is 7.27. The van der Waals surface area contributed by atoms with Gasteiger partial charge in [-0.3, -0.25) is 4.79 Å². The van der Waals surface area contributed by atoms with E-state index in [1.807, 2.05) is 49.4 Å². The van der Waals surface area contributed by atoms with Crippen molar-refractivity contribution in [1.82, 2.24) is 5.32 Å². The number of para-hydroxylation sites is 1. The quantitative estimate of drug-likeness (QED) is 0.601. The van der Waals surface area contributed by atoms with Gasteiger partial charge in [0.15, 0.2) is 0 Å². The molecule has 2 atom stereocenters. The molecule has 5 N–H and O–H groups in total. The number of nitrogens with one attached hydrogen (secondary N) is 3. The van der Waals surface area contributed by atoms with Crippen LogP contribution in [0.15, 0.2) is 54.6 Å². The highest BCUT2D eigenvalue weighted by Gasteiger charge is 2.27. The summed E-state index contributed by atoms with van der Waals surface area (Å²) in [5.74, 6) is 0.0134. The molecule has 0 aliphatic carbocycles. The van der Waals surface area contributed by atoms with Crippen LogP contribution in [-0.4, -0.2) is 31.2 Å². The number of carbonyl (C=O) groups is 2. The van der Waals surface area contributed by atoms with Gasteiger partial charge < -0.3 is 26.4 Å². The number of rotatable bonds is 6. The number of ether oxygens (including phenoxy) is 1. The molecule has 1 aliphatic rings. The van der Waals surface area contributed by atoms with E-state index in [9.17, 15) is 9.59 Å². The Hall–Kier alpha value is -2.90. The summed E-state index contributed by atoms with van der Waals surface area (Å²) < 4.78 is 5.33. The maximum Gasteiger partial charge on any atom is 0.323 e. The molecule has 3 amide bonds. The maximum atomic E-state index is 12.5. The first kappa shape index (κ1) is 20.8. The molecule has 1 fully saturated rings. The molecule has 7 heteroatoms. The Balaban J connectivity index is 1.50. The van der Waals surface area contributed by atoms with Crippen LogP contribution in [0.2, 0.25) is 0 Å². The topological polar surface area (TPSA) is 105 Å². The number of nitrogens with two attached hydrogens (primary N) is 1. The smallest absolute Gasteiger partial charge is 0.323 e. The van der Waals surface area contributed by atoms with Crippen LogP contribution in [0.5, 0.6) is 0 Å². The summed E-state index contributed by atoms with van der Waals surface area (Å²) in [5, 5.41) is 8.54. The highest BCUT2D eigenvalue weighted by molar-refractivity contribution is 5.99. The third-order valence-electron chi connectivity index (χ3n) is 5.14. The Morgan fingerprint density at radius 1 is 0.966 bits per heavy atom. The number of benzene rings is 2. The summed E-state index contributed by atoms with van der Waals surface area (Å²) in [5.41, 5.74) is 8.46. The van der Waals surface area contributed by atoms with Crippen molar-refractivity contribution in [2.45, 2.75) is 31.8 Å². The van der Waals surface area contributed by atoms with Gasteiger partial charge in [0, 0.05) is 24.6 Å². The van der Waals surface area contributed by atoms with Gasteiger partial charge in [0.1, 0.15) is 0 Å². The van der Waals surface area contributed by atoms with Crippen LogP contribution in [0.1, 0.15) is 31.4 Å². The highest BCUT2D eigenvalue weighted by atomic mass is 16.5. The molecule has 0 bridgehead atoms. The zero-order chi connectivity index (χ0) is 20.6. The monoisotopic (exact) mass is 396 g/mol. The molecule has 0 radical (unpaired) electrons. The summed E-state index contributed by atoms with van der Waals surface area (Å²) in [7, 11) is 0. The van der Waals surface area contributed by atoms with Crippen LogP contribution in [0, 0.1) is 5.92 Å². The van der Waals surface area contributed by atoms with E-state index in [0.29, 0.717) is 18.9 Å². The third kappa shape index (κ3) is 6.04. The van der Waals surface area contributed by atoms with Gasteiger partial charge in [0.05, 0.1) is 12.1 Å². The Bertz CT molecular complexity index is 805. The molecule has 1 aliphatic heterocycles. The summed E-state index contributed by atoms with van der Waals surface area (Å²) >= 11 is 0. The number of amides is 3. The molecule has 2 aromatic rings. The number of anilines is 2. The molecule has 0 aromatic heterocycles. The second-order valence-corrected chi connectivity index (χ2v) is 7.27. The van der Waals surface area contributed by atoms with Gasteiger partial charge in [-0.05, 0) is 55.5 Å². The molecule has 0 spiro atoms. The van der Waals surface area contributed by atoms with Gasteiger partial charge >= 0.3 is 6.03 Å². The van der Waals surface area contributed by atoms with Crippen molar-refractivity contribution in [1.29, 1.82) is 0 Å². The van der Waals surface area contributed by atoms with E-state index >= 15 is 0 Å². The Kier molecular flexibility index (Phi) is 7.21. The first-order chi connectivity index (χ1) is 14.0. The van der Waals surface area contributed by atoms with Crippen LogP contribution < -0.4 is 21.7 Å². The molecular weight excluding hydrogens is 368 g/mol. The largest absolute Gasteiger partial charge is 0.381 e. The minimum absolute atomic E-state index is 0.145. The fourth-order valence-electron chi connectivity index (χ4n) is 3.35. The third-order valence-corrected chi connectivity index (χ3v) is 5.14. The lowest BCUT2D eigenvalue weighted by atomic mass is 9.91. The van der Waals surface area contributed by atoms with Gasteiger partial charge in [-0.25, -0.2) is 4.79 Å². The Labute approximate surface area is 171 Å². The van der Waals surface area contributed by atoms with Gasteiger partial charge in [-0.15, -0.1) is 0 Å². The van der Waals surface area contributed by atoms with Crippen molar-refractivity contribution in [3.05, 3.63) is 60.2 Å². The molecule has 7 nitrogen and oxygen atoms in total. The van der Waals surface area contributed by atoms with E-state index in [1.54, 1.807) is 12.1 Å². The van der Waals surface area contributed by atoms with Gasteiger partial charge in [0.2, 0.25) is 5.91 Å². The van der Waals surface area contributed by atoms with E-state index in [0.717, 1.165) is 24.1 Å². The number of hydrogen-bond acceptors (Lipinski definition) is 4. The van der Waals surface area contributed by atoms with Crippen molar-refractivity contribution in [3.8, 4) is 0 Å². The summed E-state index contributed by atoms with van der Waals surface area (Å²) in [6.07, 6.45) is 1.63. The molecular formula is C22H28N4O3. The lowest BCUT2D eigenvalue weighted by Crippen LogP contribution is -2.47. The average Bonchev–Trinajstić information content (AvgIpc) is 2.75. The molecule has 1 saturated heterocycles. The Morgan fingerprint density at radius 2 is 1.55 bits per heavy atom. The van der Waals surface area contributed by atoms with Gasteiger partial charge in [-0.2, -0.15) is 0 Å². The molecule has 2 aromatic carbocycles. The molecule has 154 valence electrons. The predicted molar refractivity (Wildman–Crippen MR) is 114 cm³/mol. The molecule has 29 heavy (non-hydrogen) atoms. The van der Waals surface area contributed by atoms with E-state index in [4.69, 9.17) is 10.5 Å². The minimum Gasteiger partial charge on any atom is -0.381 e. The van der Waals surface area contributed by atoms with E-state index in [2.05, 4.69) is 16.0 Å². The van der Waals surface area contributed by atoms with Crippen LogP contribution >= 0.6 is 0 Å². The first-order valence-electron chi connectivity index (χ1n) is 9.89. The zero-order valence-corrected chi connectivity index (χ0v) is 16.6. The molecule has 3 rings (SSSR count). The molecule has 1 heterocycles. The van der Waals surface area contributed by atoms with Crippen LogP contribution in [0.4, 0.5) is 16.2 Å². The molecule has 2 unspecified atom stereocenters. The highest BCUT2D eigenvalue weighted by Crippen LogP contribution is 2.20. The van der Waals surface area contributed by atoms with E-state index < -0.39 is 6.04 Å². The van der Waals surface area contributed by atoms with Crippen molar-refractivity contribution in [3.63, 3.8) is 0 Å². The zero-order valence-electron chi connectivity index (χ0n) is 16.6. The van der Waals surface area contributed by atoms with Crippen molar-refractivity contribution >= 4 is 23.3 Å². The van der Waals surface area contributed by atoms with Crippen molar-refractivity contribution in [2.75, 3.05) is 23.8 Å². The number of hydrogen-bond donors (Lipinski definition) is 4. The second kappa shape index (κ2) is 10.0. The van der Waals surface area contributed by atoms with Crippen LogP contribution in [0.3, 0.4) is 0 Å². The fourth-order valence-corrected chi connectivity index (χ4v) is 3.35. The number of carbonyl (C=O) groups excluding carboxylic acids is 2. The SMILES string of the molecule is CC(NC(=O)C(N)C1CCOCC1)c1ccc(NC(=O)Nc2ccccc2)cc1. The standard InChI is InChI=1S/C22H28N4O3/c1-15(24-21(27)20(23)17-11-13-29-14-12-17)16-7-9-19(10-8-16)26-22(28)25-18-5-3-2-4-6-18/h2-10,15,17,20H,11-14,23H2,1H3,(H,24,27)(H2,25,26,28). The van der Waals surface area contributed by atoms with Gasteiger partial charge in [-0.1, -0.05) is 30.3 Å². The van der Waals surface area contributed by atoms with Crippen LogP contribution in [0.25, 0.3) is 0 Å². The molecule has 0 saturated carbocycles. The van der Waals surface area contributed by atoms with E-state index in [-0.39, 0.29) is 23.9 Å². The summed E-state index contributed by atoms with van der Waals surface area (Å²) in [6.45, 7) is 3.24. The lowest BCUT2D eigenvalue weighted by molar-refractivity contribution is -0.125. The lowest BCUT2D eigenvalue weighted by Gasteiger charge is -2.28. The van der Waals surface area contributed by atoms with E-state index in [1.165, 1.54) is 0 Å². The maximum absolute atomic E-state index is 12.5. The Morgan fingerprint density at radius 3 is 2.17 bits per heavy atom. The summed E-state index contributed by atoms with van der Waals surface area (Å²) in [4.78, 5) is 24.5. The van der Waals surface area contributed by atoms with Crippen molar-refractivity contribution < 1.29 is 14.3 Å². The normalized spacial score (nSPS) is 16.5. The number of urea groups is 1. The predicted octanol–water partition coefficient (Wildman–Crippen LogP) is 3.26. The van der Waals surface area contributed by atoms with Gasteiger partial charge in [0.25, 0.3) is 0 Å². The average molecular weight is 396 g/mol. The fraction of sp³-hybridized carbons (Fsp3) is 0.364. The minimum atomic E-state index is -0.524.